The third kappa shape index (κ3) is 3.78. The van der Waals surface area contributed by atoms with Crippen molar-refractivity contribution in [2.75, 3.05) is 5.32 Å². The van der Waals surface area contributed by atoms with E-state index in [2.05, 4.69) is 47.8 Å². The Morgan fingerprint density at radius 1 is 0.952 bits per heavy atom. The predicted octanol–water partition coefficient (Wildman–Crippen LogP) is 5.04. The molecule has 0 aliphatic heterocycles. The Bertz CT molecular complexity index is 558. The van der Waals surface area contributed by atoms with Crippen molar-refractivity contribution in [1.82, 2.24) is 0 Å². The van der Waals surface area contributed by atoms with E-state index in [9.17, 15) is 0 Å². The predicted molar refractivity (Wildman–Crippen MR) is 87.7 cm³/mol. The van der Waals surface area contributed by atoms with Gasteiger partial charge in [-0.05, 0) is 62.4 Å². The maximum atomic E-state index is 5.69. The maximum Gasteiger partial charge on any atom is 0.119 e. The summed E-state index contributed by atoms with van der Waals surface area (Å²) in [5.41, 5.74) is 2.54. The monoisotopic (exact) mass is 281 g/mol. The van der Waals surface area contributed by atoms with Crippen molar-refractivity contribution >= 4 is 5.69 Å². The minimum atomic E-state index is 0.215. The topological polar surface area (TPSA) is 21.3 Å². The lowest BCUT2D eigenvalue weighted by Gasteiger charge is -2.20. The molecule has 3 rings (SSSR count). The molecule has 0 amide bonds. The lowest BCUT2D eigenvalue weighted by atomic mass is 10.0. The van der Waals surface area contributed by atoms with Crippen LogP contribution in [0.5, 0.6) is 5.75 Å². The Balaban J connectivity index is 1.71. The second-order valence-corrected chi connectivity index (χ2v) is 6.06. The molecule has 2 nitrogen and oxygen atoms in total. The second kappa shape index (κ2) is 6.21. The fourth-order valence-corrected chi connectivity index (χ4v) is 2.64. The first kappa shape index (κ1) is 14.0. The van der Waals surface area contributed by atoms with Gasteiger partial charge in [0.1, 0.15) is 5.75 Å². The van der Waals surface area contributed by atoms with Gasteiger partial charge in [0, 0.05) is 5.69 Å². The van der Waals surface area contributed by atoms with Gasteiger partial charge >= 0.3 is 0 Å². The third-order valence-corrected chi connectivity index (χ3v) is 3.80. The summed E-state index contributed by atoms with van der Waals surface area (Å²) in [5, 5.41) is 3.68. The first-order valence-electron chi connectivity index (χ1n) is 7.80. The van der Waals surface area contributed by atoms with Gasteiger partial charge in [-0.1, -0.05) is 30.3 Å². The summed E-state index contributed by atoms with van der Waals surface area (Å²) < 4.78 is 5.69. The molecule has 1 aliphatic carbocycles. The molecule has 0 radical (unpaired) electrons. The molecular weight excluding hydrogens is 258 g/mol. The van der Waals surface area contributed by atoms with Crippen LogP contribution >= 0.6 is 0 Å². The Kier molecular flexibility index (Phi) is 4.14. The van der Waals surface area contributed by atoms with E-state index in [0.29, 0.717) is 6.04 Å². The van der Waals surface area contributed by atoms with E-state index in [1.54, 1.807) is 0 Å². The van der Waals surface area contributed by atoms with E-state index >= 15 is 0 Å². The van der Waals surface area contributed by atoms with E-state index in [-0.39, 0.29) is 6.10 Å². The lowest BCUT2D eigenvalue weighted by Crippen LogP contribution is -2.12. The minimum Gasteiger partial charge on any atom is -0.491 e. The highest BCUT2D eigenvalue weighted by molar-refractivity contribution is 5.48. The van der Waals surface area contributed by atoms with Crippen molar-refractivity contribution in [3.63, 3.8) is 0 Å². The van der Waals surface area contributed by atoms with Gasteiger partial charge in [0.25, 0.3) is 0 Å². The lowest BCUT2D eigenvalue weighted by molar-refractivity contribution is 0.242. The Morgan fingerprint density at radius 3 is 2.19 bits per heavy atom. The van der Waals surface area contributed by atoms with Crippen molar-refractivity contribution in [1.29, 1.82) is 0 Å². The Hall–Kier alpha value is -1.96. The molecule has 0 bridgehead atoms. The molecule has 1 fully saturated rings. The average Bonchev–Trinajstić information content (AvgIpc) is 3.31. The van der Waals surface area contributed by atoms with E-state index < -0.39 is 0 Å². The van der Waals surface area contributed by atoms with Gasteiger partial charge in [-0.25, -0.2) is 0 Å². The normalized spacial score (nSPS) is 15.8. The summed E-state index contributed by atoms with van der Waals surface area (Å²) in [6.45, 7) is 4.09. The van der Waals surface area contributed by atoms with Gasteiger partial charge in [-0.15, -0.1) is 0 Å². The molecule has 21 heavy (non-hydrogen) atoms. The van der Waals surface area contributed by atoms with Gasteiger partial charge in [-0.2, -0.15) is 0 Å². The number of rotatable bonds is 6. The smallest absolute Gasteiger partial charge is 0.119 e. The summed E-state index contributed by atoms with van der Waals surface area (Å²) in [6.07, 6.45) is 2.86. The fraction of sp³-hybridized carbons (Fsp3) is 0.368. The van der Waals surface area contributed by atoms with Crippen LogP contribution in [0.4, 0.5) is 5.69 Å². The molecule has 1 N–H and O–H groups in total. The standard InChI is InChI=1S/C19H23NO/c1-14(2)21-18-12-10-17(11-13-18)20-19(16-8-9-16)15-6-4-3-5-7-15/h3-7,10-14,16,19-20H,8-9H2,1-2H3. The summed E-state index contributed by atoms with van der Waals surface area (Å²) in [7, 11) is 0. The Labute approximate surface area is 127 Å². The number of anilines is 1. The van der Waals surface area contributed by atoms with Crippen LogP contribution < -0.4 is 10.1 Å². The number of benzene rings is 2. The van der Waals surface area contributed by atoms with Crippen LogP contribution in [0.25, 0.3) is 0 Å². The van der Waals surface area contributed by atoms with Crippen LogP contribution in [0, 0.1) is 5.92 Å². The first-order chi connectivity index (χ1) is 10.2. The summed E-state index contributed by atoms with van der Waals surface area (Å²) in [6, 6.07) is 19.4. The third-order valence-electron chi connectivity index (χ3n) is 3.80. The van der Waals surface area contributed by atoms with E-state index in [4.69, 9.17) is 4.74 Å². The average molecular weight is 281 g/mol. The van der Waals surface area contributed by atoms with Gasteiger partial charge < -0.3 is 10.1 Å². The molecule has 110 valence electrons. The molecule has 2 aromatic rings. The highest BCUT2D eigenvalue weighted by atomic mass is 16.5. The van der Waals surface area contributed by atoms with Crippen molar-refractivity contribution < 1.29 is 4.74 Å². The first-order valence-corrected chi connectivity index (χ1v) is 7.80. The molecule has 0 aromatic heterocycles. The zero-order valence-electron chi connectivity index (χ0n) is 12.8. The van der Waals surface area contributed by atoms with Crippen molar-refractivity contribution in [3.8, 4) is 5.75 Å². The second-order valence-electron chi connectivity index (χ2n) is 6.06. The number of nitrogens with one attached hydrogen (secondary N) is 1. The molecule has 1 saturated carbocycles. The summed E-state index contributed by atoms with van der Waals surface area (Å²) in [5.74, 6) is 1.69. The zero-order chi connectivity index (χ0) is 14.7. The molecular formula is C19H23NO. The van der Waals surface area contributed by atoms with Crippen LogP contribution in [0.3, 0.4) is 0 Å². The molecule has 0 spiro atoms. The largest absolute Gasteiger partial charge is 0.491 e. The van der Waals surface area contributed by atoms with E-state index in [1.165, 1.54) is 18.4 Å². The Morgan fingerprint density at radius 2 is 1.62 bits per heavy atom. The van der Waals surface area contributed by atoms with Crippen LogP contribution in [0.2, 0.25) is 0 Å². The molecule has 2 heteroatoms. The van der Waals surface area contributed by atoms with E-state index in [0.717, 1.165) is 17.4 Å². The highest BCUT2D eigenvalue weighted by Gasteiger charge is 2.32. The quantitative estimate of drug-likeness (QED) is 0.801. The SMILES string of the molecule is CC(C)Oc1ccc(NC(c2ccccc2)C2CC2)cc1. The van der Waals surface area contributed by atoms with Gasteiger partial charge in [0.2, 0.25) is 0 Å². The van der Waals surface area contributed by atoms with Gasteiger partial charge in [-0.3, -0.25) is 0 Å². The number of hydrogen-bond donors (Lipinski definition) is 1. The highest BCUT2D eigenvalue weighted by Crippen LogP contribution is 2.42. The molecule has 2 aromatic carbocycles. The molecule has 1 aliphatic rings. The molecule has 1 atom stereocenters. The molecule has 0 saturated heterocycles. The maximum absolute atomic E-state index is 5.69. The number of hydrogen-bond acceptors (Lipinski definition) is 2. The van der Waals surface area contributed by atoms with Crippen molar-refractivity contribution in [2.24, 2.45) is 5.92 Å². The molecule has 1 unspecified atom stereocenters. The van der Waals surface area contributed by atoms with Crippen LogP contribution in [-0.2, 0) is 0 Å². The minimum absolute atomic E-state index is 0.215. The van der Waals surface area contributed by atoms with Crippen molar-refractivity contribution in [2.45, 2.75) is 38.8 Å². The number of ether oxygens (including phenoxy) is 1. The van der Waals surface area contributed by atoms with Crippen molar-refractivity contribution in [3.05, 3.63) is 60.2 Å². The zero-order valence-corrected chi connectivity index (χ0v) is 12.8. The van der Waals surface area contributed by atoms with Gasteiger partial charge in [0.15, 0.2) is 0 Å². The summed E-state index contributed by atoms with van der Waals surface area (Å²) >= 11 is 0. The van der Waals surface area contributed by atoms with Crippen LogP contribution in [-0.4, -0.2) is 6.10 Å². The van der Waals surface area contributed by atoms with Gasteiger partial charge in [0.05, 0.1) is 12.1 Å². The van der Waals surface area contributed by atoms with E-state index in [1.807, 2.05) is 26.0 Å². The summed E-state index contributed by atoms with van der Waals surface area (Å²) in [4.78, 5) is 0. The van der Waals surface area contributed by atoms with Crippen LogP contribution in [0.15, 0.2) is 54.6 Å². The molecule has 0 heterocycles. The fourth-order valence-electron chi connectivity index (χ4n) is 2.64. The van der Waals surface area contributed by atoms with Crippen LogP contribution in [0.1, 0.15) is 38.3 Å².